The van der Waals surface area contributed by atoms with Crippen molar-refractivity contribution in [1.29, 1.82) is 0 Å². The second-order valence-corrected chi connectivity index (χ2v) is 7.53. The highest BCUT2D eigenvalue weighted by molar-refractivity contribution is 8.00. The van der Waals surface area contributed by atoms with Crippen molar-refractivity contribution < 1.29 is 23.9 Å². The molecule has 2 atom stereocenters. The second kappa shape index (κ2) is 9.45. The summed E-state index contributed by atoms with van der Waals surface area (Å²) in [5.41, 5.74) is 1.64. The van der Waals surface area contributed by atoms with Crippen molar-refractivity contribution in [3.63, 3.8) is 0 Å². The first-order chi connectivity index (χ1) is 12.8. The normalized spacial score (nSPS) is 17.6. The quantitative estimate of drug-likeness (QED) is 0.547. The number of benzene rings is 1. The van der Waals surface area contributed by atoms with Crippen LogP contribution in [0, 0.1) is 6.92 Å². The molecule has 27 heavy (non-hydrogen) atoms. The van der Waals surface area contributed by atoms with Gasteiger partial charge in [0.25, 0.3) is 0 Å². The van der Waals surface area contributed by atoms with Crippen molar-refractivity contribution in [1.82, 2.24) is 10.6 Å². The van der Waals surface area contributed by atoms with Crippen LogP contribution in [0.2, 0.25) is 0 Å². The molecule has 0 aliphatic carbocycles. The van der Waals surface area contributed by atoms with E-state index in [2.05, 4.69) is 10.6 Å². The van der Waals surface area contributed by atoms with E-state index in [0.717, 1.165) is 10.5 Å². The van der Waals surface area contributed by atoms with Crippen molar-refractivity contribution >= 4 is 29.7 Å². The number of rotatable bonds is 7. The number of hydrogen-bond donors (Lipinski definition) is 2. The van der Waals surface area contributed by atoms with E-state index in [1.54, 1.807) is 20.8 Å². The predicted molar refractivity (Wildman–Crippen MR) is 102 cm³/mol. The van der Waals surface area contributed by atoms with Crippen molar-refractivity contribution in [3.05, 3.63) is 41.1 Å². The van der Waals surface area contributed by atoms with Crippen LogP contribution in [-0.4, -0.2) is 42.5 Å². The average molecular weight is 392 g/mol. The Hall–Kier alpha value is -2.48. The number of hydrogen-bond acceptors (Lipinski definition) is 6. The Kier molecular flexibility index (Phi) is 7.29. The number of aryl methyl sites for hydroxylation is 1. The van der Waals surface area contributed by atoms with Gasteiger partial charge in [0, 0.05) is 4.90 Å². The molecule has 2 amide bonds. The summed E-state index contributed by atoms with van der Waals surface area (Å²) in [4.78, 5) is 37.1. The molecule has 8 heteroatoms. The number of esters is 2. The third-order valence-corrected chi connectivity index (χ3v) is 4.98. The van der Waals surface area contributed by atoms with E-state index < -0.39 is 29.3 Å². The van der Waals surface area contributed by atoms with E-state index in [0.29, 0.717) is 0 Å². The maximum Gasteiger partial charge on any atom is 0.338 e. The second-order valence-electron chi connectivity index (χ2n) is 6.11. The van der Waals surface area contributed by atoms with Gasteiger partial charge in [-0.05, 0) is 39.8 Å². The summed E-state index contributed by atoms with van der Waals surface area (Å²) in [5, 5.41) is 4.69. The average Bonchev–Trinajstić information content (AvgIpc) is 2.61. The van der Waals surface area contributed by atoms with Gasteiger partial charge in [-0.15, -0.1) is 11.8 Å². The summed E-state index contributed by atoms with van der Waals surface area (Å²) in [5.74, 6) is -0.984. The molecule has 0 saturated heterocycles. The molecule has 1 aromatic carbocycles. The monoisotopic (exact) mass is 392 g/mol. The van der Waals surface area contributed by atoms with Gasteiger partial charge in [0.15, 0.2) is 0 Å². The van der Waals surface area contributed by atoms with E-state index in [1.807, 2.05) is 31.2 Å². The number of thioether (sulfide) groups is 1. The summed E-state index contributed by atoms with van der Waals surface area (Å²) < 4.78 is 10.4. The molecule has 2 N–H and O–H groups in total. The SMILES string of the molecule is CCOC(=O)C1=C(COC(=O)[C@@H](C)Sc2ccc(C)cc2)NC(=O)N[C@@H]1C. The van der Waals surface area contributed by atoms with Gasteiger partial charge in [0.2, 0.25) is 0 Å². The van der Waals surface area contributed by atoms with Gasteiger partial charge in [-0.25, -0.2) is 9.59 Å². The molecule has 0 spiro atoms. The first-order valence-corrected chi connectivity index (χ1v) is 9.57. The van der Waals surface area contributed by atoms with Gasteiger partial charge in [-0.2, -0.15) is 0 Å². The Bertz CT molecular complexity index is 745. The standard InChI is InChI=1S/C19H24N2O5S/c1-5-25-18(23)16-12(3)20-19(24)21-15(16)10-26-17(22)13(4)27-14-8-6-11(2)7-9-14/h6-9,12-13H,5,10H2,1-4H3,(H2,20,21,24)/t12-,13-/m1/s1. The largest absolute Gasteiger partial charge is 0.463 e. The number of carbonyl (C=O) groups excluding carboxylic acids is 3. The number of nitrogens with one attached hydrogen (secondary N) is 2. The Labute approximate surface area is 162 Å². The Morgan fingerprint density at radius 1 is 1.22 bits per heavy atom. The molecule has 0 bridgehead atoms. The van der Waals surface area contributed by atoms with E-state index in [1.165, 1.54) is 11.8 Å². The lowest BCUT2D eigenvalue weighted by atomic mass is 10.0. The summed E-state index contributed by atoms with van der Waals surface area (Å²) >= 11 is 1.38. The van der Waals surface area contributed by atoms with Crippen LogP contribution < -0.4 is 10.6 Å². The van der Waals surface area contributed by atoms with Crippen LogP contribution in [-0.2, 0) is 19.1 Å². The third-order valence-electron chi connectivity index (χ3n) is 3.89. The fraction of sp³-hybridized carbons (Fsp3) is 0.421. The van der Waals surface area contributed by atoms with Crippen LogP contribution >= 0.6 is 11.8 Å². The van der Waals surface area contributed by atoms with E-state index in [4.69, 9.17) is 9.47 Å². The van der Waals surface area contributed by atoms with Gasteiger partial charge in [0.1, 0.15) is 11.9 Å². The van der Waals surface area contributed by atoms with Crippen molar-refractivity contribution in [2.75, 3.05) is 13.2 Å². The van der Waals surface area contributed by atoms with Crippen molar-refractivity contribution in [3.8, 4) is 0 Å². The fourth-order valence-electron chi connectivity index (χ4n) is 2.52. The maximum absolute atomic E-state index is 12.3. The van der Waals surface area contributed by atoms with Crippen LogP contribution in [0.4, 0.5) is 4.79 Å². The van der Waals surface area contributed by atoms with Gasteiger partial charge in [-0.1, -0.05) is 17.7 Å². The molecule has 0 fully saturated rings. The molecule has 1 aliphatic rings. The Morgan fingerprint density at radius 2 is 1.89 bits per heavy atom. The first-order valence-electron chi connectivity index (χ1n) is 8.69. The summed E-state index contributed by atoms with van der Waals surface area (Å²) in [6.07, 6.45) is 0. The van der Waals surface area contributed by atoms with Crippen LogP contribution in [0.15, 0.2) is 40.4 Å². The van der Waals surface area contributed by atoms with Gasteiger partial charge >= 0.3 is 18.0 Å². The van der Waals surface area contributed by atoms with Gasteiger partial charge in [0.05, 0.1) is 23.9 Å². The number of carbonyl (C=O) groups is 3. The smallest absolute Gasteiger partial charge is 0.338 e. The minimum Gasteiger partial charge on any atom is -0.463 e. The van der Waals surface area contributed by atoms with Gasteiger partial charge in [-0.3, -0.25) is 4.79 Å². The minimum atomic E-state index is -0.550. The molecule has 7 nitrogen and oxygen atoms in total. The minimum absolute atomic E-state index is 0.205. The summed E-state index contributed by atoms with van der Waals surface area (Å²) in [7, 11) is 0. The zero-order chi connectivity index (χ0) is 20.0. The lowest BCUT2D eigenvalue weighted by molar-refractivity contribution is -0.143. The fourth-order valence-corrected chi connectivity index (χ4v) is 3.39. The number of urea groups is 1. The van der Waals surface area contributed by atoms with Gasteiger partial charge < -0.3 is 20.1 Å². The van der Waals surface area contributed by atoms with Crippen molar-refractivity contribution in [2.24, 2.45) is 0 Å². The van der Waals surface area contributed by atoms with E-state index in [9.17, 15) is 14.4 Å². The molecular weight excluding hydrogens is 368 g/mol. The zero-order valence-electron chi connectivity index (χ0n) is 15.8. The molecule has 1 heterocycles. The topological polar surface area (TPSA) is 93.7 Å². The molecule has 0 radical (unpaired) electrons. The van der Waals surface area contributed by atoms with E-state index in [-0.39, 0.29) is 24.5 Å². The van der Waals surface area contributed by atoms with Crippen LogP contribution in [0.5, 0.6) is 0 Å². The van der Waals surface area contributed by atoms with Crippen LogP contribution in [0.1, 0.15) is 26.3 Å². The highest BCUT2D eigenvalue weighted by atomic mass is 32.2. The number of ether oxygens (including phenoxy) is 2. The molecular formula is C19H24N2O5S. The molecule has 146 valence electrons. The van der Waals surface area contributed by atoms with E-state index >= 15 is 0 Å². The molecule has 1 aromatic rings. The summed E-state index contributed by atoms with van der Waals surface area (Å²) in [6.45, 7) is 7.11. The maximum atomic E-state index is 12.3. The highest BCUT2D eigenvalue weighted by Crippen LogP contribution is 2.24. The lowest BCUT2D eigenvalue weighted by Crippen LogP contribution is -2.50. The van der Waals surface area contributed by atoms with Crippen LogP contribution in [0.3, 0.4) is 0 Å². The molecule has 1 aliphatic heterocycles. The zero-order valence-corrected chi connectivity index (χ0v) is 16.6. The summed E-state index contributed by atoms with van der Waals surface area (Å²) in [6, 6.07) is 6.85. The molecule has 0 aromatic heterocycles. The highest BCUT2D eigenvalue weighted by Gasteiger charge is 2.30. The Morgan fingerprint density at radius 3 is 2.52 bits per heavy atom. The first kappa shape index (κ1) is 20.8. The van der Waals surface area contributed by atoms with Crippen LogP contribution in [0.25, 0.3) is 0 Å². The predicted octanol–water partition coefficient (Wildman–Crippen LogP) is 2.54. The van der Waals surface area contributed by atoms with Crippen molar-refractivity contribution in [2.45, 2.75) is 43.9 Å². The number of amides is 2. The molecule has 0 saturated carbocycles. The molecule has 0 unspecified atom stereocenters. The molecule has 2 rings (SSSR count). The Balaban J connectivity index is 2.03. The lowest BCUT2D eigenvalue weighted by Gasteiger charge is -2.26. The third kappa shape index (κ3) is 5.75.